The van der Waals surface area contributed by atoms with Gasteiger partial charge in [0.2, 0.25) is 10.0 Å². The van der Waals surface area contributed by atoms with Crippen LogP contribution in [-0.2, 0) is 16.4 Å². The zero-order chi connectivity index (χ0) is 20.5. The standard InChI is InChI=1S/C21H25N3O4S.ClH/c1-29(26,27)23-17-6-7-20-18(13-17)19(25)14-21(28-20)9-4-11-24(15-21)12-8-16-5-2-3-10-22-16;/h2-3,5-7,10,13,23H,4,8-9,11-12,14-15H2,1H3;1H. The summed E-state index contributed by atoms with van der Waals surface area (Å²) in [5.41, 5.74) is 1.36. The fraction of sp³-hybridized carbons (Fsp3) is 0.429. The molecular formula is C21H26ClN3O4S. The minimum Gasteiger partial charge on any atom is -0.485 e. The molecule has 1 unspecified atom stereocenters. The van der Waals surface area contributed by atoms with Crippen LogP contribution < -0.4 is 9.46 Å². The Balaban J connectivity index is 0.00000256. The maximum absolute atomic E-state index is 12.9. The number of pyridine rings is 1. The smallest absolute Gasteiger partial charge is 0.229 e. The summed E-state index contributed by atoms with van der Waals surface area (Å²) in [7, 11) is -3.40. The number of halogens is 1. The summed E-state index contributed by atoms with van der Waals surface area (Å²) in [6.45, 7) is 2.56. The number of carbonyl (C=O) groups excluding carboxylic acids is 1. The fourth-order valence-electron chi connectivity index (χ4n) is 4.20. The van der Waals surface area contributed by atoms with Crippen molar-refractivity contribution in [1.82, 2.24) is 9.88 Å². The van der Waals surface area contributed by atoms with Crippen LogP contribution in [0.15, 0.2) is 42.6 Å². The number of ether oxygens (including phenoxy) is 1. The van der Waals surface area contributed by atoms with Gasteiger partial charge in [-0.15, -0.1) is 12.4 Å². The highest BCUT2D eigenvalue weighted by Crippen LogP contribution is 2.39. The Morgan fingerprint density at radius 3 is 2.83 bits per heavy atom. The van der Waals surface area contributed by atoms with Gasteiger partial charge in [-0.1, -0.05) is 6.07 Å². The van der Waals surface area contributed by atoms with Crippen LogP contribution in [0, 0.1) is 0 Å². The second-order valence-electron chi connectivity index (χ2n) is 7.92. The van der Waals surface area contributed by atoms with Crippen LogP contribution in [0.4, 0.5) is 5.69 Å². The van der Waals surface area contributed by atoms with Gasteiger partial charge in [0.15, 0.2) is 5.78 Å². The lowest BCUT2D eigenvalue weighted by Gasteiger charge is -2.45. The van der Waals surface area contributed by atoms with Crippen molar-refractivity contribution in [3.63, 3.8) is 0 Å². The molecule has 1 atom stereocenters. The molecule has 1 fully saturated rings. The van der Waals surface area contributed by atoms with Crippen LogP contribution in [0.1, 0.15) is 35.3 Å². The molecule has 3 heterocycles. The Kier molecular flexibility index (Phi) is 6.69. The van der Waals surface area contributed by atoms with Gasteiger partial charge in [-0.25, -0.2) is 8.42 Å². The molecule has 1 spiro atoms. The summed E-state index contributed by atoms with van der Waals surface area (Å²) in [5.74, 6) is 0.529. The van der Waals surface area contributed by atoms with Gasteiger partial charge in [0.05, 0.1) is 18.2 Å². The van der Waals surface area contributed by atoms with Crippen molar-refractivity contribution in [3.05, 3.63) is 53.9 Å². The summed E-state index contributed by atoms with van der Waals surface area (Å²) in [6.07, 6.45) is 5.87. The van der Waals surface area contributed by atoms with Crippen molar-refractivity contribution in [2.75, 3.05) is 30.6 Å². The summed E-state index contributed by atoms with van der Waals surface area (Å²) >= 11 is 0. The number of fused-ring (bicyclic) bond motifs is 1. The lowest BCUT2D eigenvalue weighted by Crippen LogP contribution is -2.54. The summed E-state index contributed by atoms with van der Waals surface area (Å²) < 4.78 is 31.7. The Morgan fingerprint density at radius 1 is 1.27 bits per heavy atom. The monoisotopic (exact) mass is 451 g/mol. The van der Waals surface area contributed by atoms with Crippen molar-refractivity contribution in [1.29, 1.82) is 0 Å². The first kappa shape index (κ1) is 22.5. The van der Waals surface area contributed by atoms with Gasteiger partial charge in [0.1, 0.15) is 11.4 Å². The van der Waals surface area contributed by atoms with E-state index in [1.807, 2.05) is 18.2 Å². The number of sulfonamides is 1. The molecule has 1 saturated heterocycles. The average Bonchev–Trinajstić information content (AvgIpc) is 2.67. The van der Waals surface area contributed by atoms with Crippen molar-refractivity contribution in [2.45, 2.75) is 31.3 Å². The zero-order valence-corrected chi connectivity index (χ0v) is 18.5. The second kappa shape index (κ2) is 8.91. The highest BCUT2D eigenvalue weighted by Gasteiger charge is 2.43. The normalized spacial score (nSPS) is 21.4. The predicted octanol–water partition coefficient (Wildman–Crippen LogP) is 2.92. The van der Waals surface area contributed by atoms with E-state index in [0.29, 0.717) is 30.0 Å². The van der Waals surface area contributed by atoms with Crippen LogP contribution in [-0.4, -0.2) is 55.6 Å². The van der Waals surface area contributed by atoms with Gasteiger partial charge in [-0.3, -0.25) is 19.4 Å². The topological polar surface area (TPSA) is 88.6 Å². The van der Waals surface area contributed by atoms with E-state index < -0.39 is 15.6 Å². The quantitative estimate of drug-likeness (QED) is 0.751. The van der Waals surface area contributed by atoms with Gasteiger partial charge in [-0.2, -0.15) is 0 Å². The molecule has 0 saturated carbocycles. The molecule has 162 valence electrons. The van der Waals surface area contributed by atoms with Crippen LogP contribution in [0.2, 0.25) is 0 Å². The van der Waals surface area contributed by atoms with Crippen molar-refractivity contribution in [3.8, 4) is 5.75 Å². The van der Waals surface area contributed by atoms with Crippen molar-refractivity contribution < 1.29 is 17.9 Å². The highest BCUT2D eigenvalue weighted by atomic mass is 35.5. The number of carbonyl (C=O) groups is 1. The third kappa shape index (κ3) is 5.30. The molecule has 30 heavy (non-hydrogen) atoms. The Morgan fingerprint density at radius 2 is 2.10 bits per heavy atom. The number of benzene rings is 1. The summed E-state index contributed by atoms with van der Waals surface area (Å²) in [6, 6.07) is 10.8. The number of nitrogens with zero attached hydrogens (tertiary/aromatic N) is 2. The molecule has 4 rings (SSSR count). The van der Waals surface area contributed by atoms with Gasteiger partial charge in [0.25, 0.3) is 0 Å². The number of hydrogen-bond acceptors (Lipinski definition) is 6. The maximum atomic E-state index is 12.9. The van der Waals surface area contributed by atoms with E-state index in [1.54, 1.807) is 24.4 Å². The Hall–Kier alpha value is -2.16. The van der Waals surface area contributed by atoms with E-state index >= 15 is 0 Å². The Bertz CT molecular complexity index is 1020. The SMILES string of the molecule is CS(=O)(=O)Nc1ccc2c(c1)C(=O)CC1(CCCN(CCc3ccccn3)C1)O2.Cl. The number of nitrogens with one attached hydrogen (secondary N) is 1. The summed E-state index contributed by atoms with van der Waals surface area (Å²) in [4.78, 5) is 19.6. The van der Waals surface area contributed by atoms with Crippen LogP contribution >= 0.6 is 12.4 Å². The Labute approximate surface area is 183 Å². The van der Waals surface area contributed by atoms with E-state index in [0.717, 1.165) is 44.3 Å². The molecule has 0 amide bonds. The maximum Gasteiger partial charge on any atom is 0.229 e. The third-order valence-electron chi connectivity index (χ3n) is 5.42. The molecular weight excluding hydrogens is 426 g/mol. The minimum absolute atomic E-state index is 0. The summed E-state index contributed by atoms with van der Waals surface area (Å²) in [5, 5.41) is 0. The molecule has 1 aromatic heterocycles. The molecule has 0 bridgehead atoms. The highest BCUT2D eigenvalue weighted by molar-refractivity contribution is 7.92. The van der Waals surface area contributed by atoms with Gasteiger partial charge in [0, 0.05) is 37.1 Å². The number of likely N-dealkylation sites (tertiary alicyclic amines) is 1. The predicted molar refractivity (Wildman–Crippen MR) is 118 cm³/mol. The van der Waals surface area contributed by atoms with Gasteiger partial charge in [-0.05, 0) is 49.7 Å². The number of ketones is 1. The fourth-order valence-corrected chi connectivity index (χ4v) is 4.75. The lowest BCUT2D eigenvalue weighted by molar-refractivity contribution is -0.0176. The van der Waals surface area contributed by atoms with E-state index in [1.165, 1.54) is 0 Å². The molecule has 1 aromatic carbocycles. The number of hydrogen-bond donors (Lipinski definition) is 1. The van der Waals surface area contributed by atoms with Gasteiger partial charge >= 0.3 is 0 Å². The average molecular weight is 452 g/mol. The molecule has 2 aromatic rings. The van der Waals surface area contributed by atoms with Crippen molar-refractivity contribution in [2.24, 2.45) is 0 Å². The zero-order valence-electron chi connectivity index (χ0n) is 16.8. The van der Waals surface area contributed by atoms with Crippen LogP contribution in [0.3, 0.4) is 0 Å². The number of piperidine rings is 1. The number of Topliss-reactive ketones (excluding diaryl/α,β-unsaturated/α-hetero) is 1. The second-order valence-corrected chi connectivity index (χ2v) is 9.67. The van der Waals surface area contributed by atoms with Gasteiger partial charge < -0.3 is 4.74 Å². The van der Waals surface area contributed by atoms with E-state index in [2.05, 4.69) is 14.6 Å². The molecule has 9 heteroatoms. The third-order valence-corrected chi connectivity index (χ3v) is 6.03. The lowest BCUT2D eigenvalue weighted by atomic mass is 9.83. The number of anilines is 1. The van der Waals surface area contributed by atoms with Crippen molar-refractivity contribution >= 4 is 33.9 Å². The van der Waals surface area contributed by atoms with E-state index in [9.17, 15) is 13.2 Å². The minimum atomic E-state index is -3.40. The first-order valence-corrected chi connectivity index (χ1v) is 11.7. The molecule has 1 N–H and O–H groups in total. The largest absolute Gasteiger partial charge is 0.485 e. The molecule has 2 aliphatic rings. The molecule has 7 nitrogen and oxygen atoms in total. The number of rotatable bonds is 5. The number of aromatic nitrogens is 1. The van der Waals surface area contributed by atoms with E-state index in [-0.39, 0.29) is 18.2 Å². The molecule has 0 radical (unpaired) electrons. The molecule has 2 aliphatic heterocycles. The first-order valence-electron chi connectivity index (χ1n) is 9.78. The first-order chi connectivity index (χ1) is 13.8. The van der Waals surface area contributed by atoms with Crippen LogP contribution in [0.25, 0.3) is 0 Å². The van der Waals surface area contributed by atoms with E-state index in [4.69, 9.17) is 4.74 Å². The van der Waals surface area contributed by atoms with Crippen LogP contribution in [0.5, 0.6) is 5.75 Å². The molecule has 0 aliphatic carbocycles.